The van der Waals surface area contributed by atoms with Gasteiger partial charge in [-0.25, -0.2) is 19.4 Å². The smallest absolute Gasteiger partial charge is 0.338 e. The predicted octanol–water partition coefficient (Wildman–Crippen LogP) is 7.01. The molecular formula is C42H33N3O8. The highest BCUT2D eigenvalue weighted by molar-refractivity contribution is 6.04. The number of carbonyl (C=O) groups excluding carboxylic acids is 4. The van der Waals surface area contributed by atoms with Crippen LogP contribution in [0, 0.1) is 0 Å². The lowest BCUT2D eigenvalue weighted by Gasteiger charge is -2.24. The number of nitrogens with zero attached hydrogens (tertiary/aromatic N) is 2. The van der Waals surface area contributed by atoms with Crippen molar-refractivity contribution in [3.05, 3.63) is 180 Å². The average molecular weight is 708 g/mol. The Bertz CT molecular complexity index is 2190. The van der Waals surface area contributed by atoms with Crippen LogP contribution in [0.3, 0.4) is 0 Å². The van der Waals surface area contributed by atoms with Crippen LogP contribution >= 0.6 is 0 Å². The van der Waals surface area contributed by atoms with Crippen molar-refractivity contribution in [3.63, 3.8) is 0 Å². The molecule has 0 unspecified atom stereocenters. The van der Waals surface area contributed by atoms with E-state index in [-0.39, 0.29) is 23.6 Å². The van der Waals surface area contributed by atoms with E-state index in [1.54, 1.807) is 144 Å². The van der Waals surface area contributed by atoms with Gasteiger partial charge in [0.15, 0.2) is 18.4 Å². The van der Waals surface area contributed by atoms with Crippen molar-refractivity contribution in [1.82, 2.24) is 9.55 Å². The van der Waals surface area contributed by atoms with Gasteiger partial charge in [-0.2, -0.15) is 0 Å². The first kappa shape index (κ1) is 34.6. The number of ether oxygens (including phenoxy) is 4. The molecule has 1 aliphatic rings. The zero-order valence-corrected chi connectivity index (χ0v) is 28.2. The first-order valence-corrected chi connectivity index (χ1v) is 16.8. The molecule has 7 rings (SSSR count). The molecule has 264 valence electrons. The molecule has 1 aliphatic heterocycles. The van der Waals surface area contributed by atoms with E-state index in [2.05, 4.69) is 10.3 Å². The third-order valence-corrected chi connectivity index (χ3v) is 8.53. The standard InChI is InChI=1S/C42H33N3O8/c46-38(28-14-5-1-6-15-28)44-33-23-13-22-32(24-33)34-25-45(27-43-34)39-37(53-42(49)31-20-11-4-12-21-31)36(52-41(48)30-18-9-3-10-19-30)35(51-39)26-50-40(47)29-16-7-2-8-17-29/h1-25,27,35-37,39H,26H2,(H,44,46)/t35-,36-,37-,39-/m1/s1. The first-order chi connectivity index (χ1) is 25.9. The maximum Gasteiger partial charge on any atom is 0.338 e. The lowest BCUT2D eigenvalue weighted by Crippen LogP contribution is -2.41. The first-order valence-electron chi connectivity index (χ1n) is 16.8. The van der Waals surface area contributed by atoms with Gasteiger partial charge in [0.25, 0.3) is 5.91 Å². The van der Waals surface area contributed by atoms with Crippen LogP contribution < -0.4 is 5.32 Å². The van der Waals surface area contributed by atoms with Crippen molar-refractivity contribution < 1.29 is 38.1 Å². The van der Waals surface area contributed by atoms with Gasteiger partial charge in [0, 0.05) is 23.0 Å². The van der Waals surface area contributed by atoms with E-state index in [1.165, 1.54) is 6.33 Å². The second-order valence-corrected chi connectivity index (χ2v) is 12.1. The summed E-state index contributed by atoms with van der Waals surface area (Å²) in [7, 11) is 0. The molecule has 1 fully saturated rings. The summed E-state index contributed by atoms with van der Waals surface area (Å²) >= 11 is 0. The van der Waals surface area contributed by atoms with E-state index in [4.69, 9.17) is 18.9 Å². The van der Waals surface area contributed by atoms with Crippen LogP contribution in [0.1, 0.15) is 47.7 Å². The maximum atomic E-state index is 13.5. The van der Waals surface area contributed by atoms with Crippen LogP contribution in [0.15, 0.2) is 158 Å². The summed E-state index contributed by atoms with van der Waals surface area (Å²) in [5, 5.41) is 2.91. The van der Waals surface area contributed by atoms with Crippen molar-refractivity contribution >= 4 is 29.5 Å². The number of anilines is 1. The number of hydrogen-bond donors (Lipinski definition) is 1. The Morgan fingerprint density at radius 2 is 1.15 bits per heavy atom. The molecule has 4 atom stereocenters. The number of nitrogens with one attached hydrogen (secondary N) is 1. The molecule has 1 saturated heterocycles. The van der Waals surface area contributed by atoms with Crippen molar-refractivity contribution in [2.45, 2.75) is 24.5 Å². The second-order valence-electron chi connectivity index (χ2n) is 12.1. The molecule has 1 amide bonds. The van der Waals surface area contributed by atoms with Crippen LogP contribution in [0.25, 0.3) is 11.3 Å². The largest absolute Gasteiger partial charge is 0.459 e. The molecule has 0 aliphatic carbocycles. The lowest BCUT2D eigenvalue weighted by molar-refractivity contribution is -0.0620. The van der Waals surface area contributed by atoms with Gasteiger partial charge in [-0.05, 0) is 60.7 Å². The van der Waals surface area contributed by atoms with E-state index < -0.39 is 42.4 Å². The molecule has 11 nitrogen and oxygen atoms in total. The van der Waals surface area contributed by atoms with Gasteiger partial charge >= 0.3 is 17.9 Å². The summed E-state index contributed by atoms with van der Waals surface area (Å²) in [5.74, 6) is -2.21. The van der Waals surface area contributed by atoms with Gasteiger partial charge in [0.1, 0.15) is 12.7 Å². The van der Waals surface area contributed by atoms with Gasteiger partial charge in [0.05, 0.1) is 28.7 Å². The van der Waals surface area contributed by atoms with Gasteiger partial charge in [-0.3, -0.25) is 4.79 Å². The van der Waals surface area contributed by atoms with Crippen LogP contribution in [-0.4, -0.2) is 58.3 Å². The lowest BCUT2D eigenvalue weighted by atomic mass is 10.1. The molecule has 1 aromatic heterocycles. The number of aromatic nitrogens is 2. The SMILES string of the molecule is O=C(Nc1cccc(-c2cn([C@@H]3O[C@H](COC(=O)c4ccccc4)[C@@H](OC(=O)c4ccccc4)[C@H]3OC(=O)c3ccccc3)cn2)c1)c1ccccc1. The fraction of sp³-hybridized carbons (Fsp3) is 0.119. The monoisotopic (exact) mass is 707 g/mol. The summed E-state index contributed by atoms with van der Waals surface area (Å²) in [6, 6.07) is 41.3. The molecule has 0 radical (unpaired) electrons. The number of benzene rings is 5. The fourth-order valence-electron chi connectivity index (χ4n) is 5.87. The van der Waals surface area contributed by atoms with Crippen LogP contribution in [0.2, 0.25) is 0 Å². The Morgan fingerprint density at radius 3 is 1.74 bits per heavy atom. The molecule has 1 N–H and O–H groups in total. The van der Waals surface area contributed by atoms with E-state index in [0.717, 1.165) is 0 Å². The van der Waals surface area contributed by atoms with Gasteiger partial charge in [-0.1, -0.05) is 84.9 Å². The van der Waals surface area contributed by atoms with Gasteiger partial charge in [0.2, 0.25) is 0 Å². The third-order valence-electron chi connectivity index (χ3n) is 8.53. The number of amides is 1. The quantitative estimate of drug-likeness (QED) is 0.111. The van der Waals surface area contributed by atoms with Crippen molar-refractivity contribution in [2.24, 2.45) is 0 Å². The van der Waals surface area contributed by atoms with E-state index >= 15 is 0 Å². The number of esters is 3. The van der Waals surface area contributed by atoms with E-state index in [9.17, 15) is 19.2 Å². The molecular weight excluding hydrogens is 674 g/mol. The van der Waals surface area contributed by atoms with E-state index in [0.29, 0.717) is 28.1 Å². The Kier molecular flexibility index (Phi) is 10.4. The van der Waals surface area contributed by atoms with Crippen LogP contribution in [0.5, 0.6) is 0 Å². The highest BCUT2D eigenvalue weighted by atomic mass is 16.7. The van der Waals surface area contributed by atoms with Gasteiger partial charge in [-0.15, -0.1) is 0 Å². The van der Waals surface area contributed by atoms with Crippen LogP contribution in [0.4, 0.5) is 5.69 Å². The minimum absolute atomic E-state index is 0.259. The van der Waals surface area contributed by atoms with E-state index in [1.807, 2.05) is 12.1 Å². The number of imidazole rings is 1. The summed E-state index contributed by atoms with van der Waals surface area (Å²) in [6.45, 7) is -0.318. The highest BCUT2D eigenvalue weighted by Crippen LogP contribution is 2.36. The van der Waals surface area contributed by atoms with Crippen LogP contribution in [-0.2, 0) is 18.9 Å². The molecule has 0 saturated carbocycles. The average Bonchev–Trinajstić information content (AvgIpc) is 3.83. The zero-order chi connectivity index (χ0) is 36.6. The number of hydrogen-bond acceptors (Lipinski definition) is 9. The molecule has 53 heavy (non-hydrogen) atoms. The second kappa shape index (κ2) is 16.0. The summed E-state index contributed by atoms with van der Waals surface area (Å²) in [5.41, 5.74) is 3.16. The van der Waals surface area contributed by atoms with Crippen molar-refractivity contribution in [2.75, 3.05) is 11.9 Å². The summed E-state index contributed by atoms with van der Waals surface area (Å²) in [6.07, 6.45) is -1.30. The third kappa shape index (κ3) is 8.22. The van der Waals surface area contributed by atoms with Crippen molar-refractivity contribution in [3.8, 4) is 11.3 Å². The zero-order valence-electron chi connectivity index (χ0n) is 28.2. The van der Waals surface area contributed by atoms with Gasteiger partial charge < -0.3 is 28.8 Å². The fourth-order valence-corrected chi connectivity index (χ4v) is 5.87. The maximum absolute atomic E-state index is 13.5. The summed E-state index contributed by atoms with van der Waals surface area (Å²) < 4.78 is 25.8. The Morgan fingerprint density at radius 1 is 0.623 bits per heavy atom. The molecule has 6 aromatic rings. The topological polar surface area (TPSA) is 135 Å². The number of rotatable bonds is 11. The summed E-state index contributed by atoms with van der Waals surface area (Å²) in [4.78, 5) is 57.4. The minimum Gasteiger partial charge on any atom is -0.459 e. The molecule has 0 spiro atoms. The highest BCUT2D eigenvalue weighted by Gasteiger charge is 2.51. The molecule has 5 aromatic carbocycles. The Hall–Kier alpha value is -6.85. The molecule has 11 heteroatoms. The Balaban J connectivity index is 1.19. The minimum atomic E-state index is -1.20. The molecule has 0 bridgehead atoms. The predicted molar refractivity (Wildman–Crippen MR) is 194 cm³/mol. The normalized spacial score (nSPS) is 17.7. The Labute approximate surface area is 304 Å². The van der Waals surface area contributed by atoms with Crippen molar-refractivity contribution in [1.29, 1.82) is 0 Å². The number of carbonyl (C=O) groups is 4. The molecule has 2 heterocycles.